The Morgan fingerprint density at radius 2 is 1.85 bits per heavy atom. The first-order chi connectivity index (χ1) is 12.5. The lowest BCUT2D eigenvalue weighted by Gasteiger charge is -2.15. The Balaban J connectivity index is 1.89. The molecule has 1 aromatic heterocycles. The second-order valence-corrected chi connectivity index (χ2v) is 7.06. The fourth-order valence-electron chi connectivity index (χ4n) is 2.67. The van der Waals surface area contributed by atoms with Gasteiger partial charge in [0.15, 0.2) is 10.9 Å². The highest BCUT2D eigenvalue weighted by Crippen LogP contribution is 2.22. The molecule has 0 atom stereocenters. The average molecular weight is 368 g/mol. The molecule has 0 N–H and O–H groups in total. The zero-order chi connectivity index (χ0) is 18.7. The first-order valence-electron chi connectivity index (χ1n) is 8.32. The fourth-order valence-corrected chi connectivity index (χ4v) is 3.70. The van der Waals surface area contributed by atoms with Gasteiger partial charge in [-0.25, -0.2) is 4.98 Å². The maximum Gasteiger partial charge on any atom is 0.262 e. The van der Waals surface area contributed by atoms with Gasteiger partial charge in [-0.3, -0.25) is 14.2 Å². The fraction of sp³-hybridized carbons (Fsp3) is 0.250. The Bertz CT molecular complexity index is 994. The van der Waals surface area contributed by atoms with Gasteiger partial charge in [-0.2, -0.15) is 0 Å². The van der Waals surface area contributed by atoms with E-state index in [1.165, 1.54) is 11.8 Å². The largest absolute Gasteiger partial charge is 0.497 e. The number of thioether (sulfide) groups is 1. The molecule has 0 amide bonds. The molecule has 3 rings (SSSR count). The minimum Gasteiger partial charge on any atom is -0.497 e. The quantitative estimate of drug-likeness (QED) is 0.374. The van der Waals surface area contributed by atoms with Crippen LogP contribution in [-0.4, -0.2) is 28.2 Å². The summed E-state index contributed by atoms with van der Waals surface area (Å²) in [5.41, 5.74) is 1.18. The van der Waals surface area contributed by atoms with Crippen LogP contribution in [0.1, 0.15) is 30.2 Å². The number of hydrogen-bond donors (Lipinski definition) is 0. The summed E-state index contributed by atoms with van der Waals surface area (Å²) in [7, 11) is 1.59. The summed E-state index contributed by atoms with van der Waals surface area (Å²) in [5, 5.41) is 1.15. The Kier molecular flexibility index (Phi) is 5.42. The molecular formula is C20H20N2O3S. The number of para-hydroxylation sites is 1. The number of ether oxygens (including phenoxy) is 1. The number of Topliss-reactive ketones (excluding diaryl/α,β-unsaturated/α-hetero) is 1. The summed E-state index contributed by atoms with van der Waals surface area (Å²) in [6.45, 7) is 3.88. The molecule has 0 saturated heterocycles. The van der Waals surface area contributed by atoms with Crippen LogP contribution in [0.4, 0.5) is 0 Å². The van der Waals surface area contributed by atoms with Crippen molar-refractivity contribution in [2.24, 2.45) is 0 Å². The summed E-state index contributed by atoms with van der Waals surface area (Å²) in [6, 6.07) is 14.2. The van der Waals surface area contributed by atoms with Gasteiger partial charge in [0.1, 0.15) is 5.75 Å². The highest BCUT2D eigenvalue weighted by molar-refractivity contribution is 7.99. The number of aromatic nitrogens is 2. The van der Waals surface area contributed by atoms with E-state index < -0.39 is 0 Å². The van der Waals surface area contributed by atoms with Crippen LogP contribution in [0.15, 0.2) is 58.5 Å². The maximum absolute atomic E-state index is 12.8. The topological polar surface area (TPSA) is 61.2 Å². The molecule has 0 saturated carbocycles. The van der Waals surface area contributed by atoms with Gasteiger partial charge in [-0.15, -0.1) is 0 Å². The van der Waals surface area contributed by atoms with E-state index in [9.17, 15) is 9.59 Å². The average Bonchev–Trinajstić information content (AvgIpc) is 2.66. The highest BCUT2D eigenvalue weighted by atomic mass is 32.2. The second kappa shape index (κ2) is 7.74. The van der Waals surface area contributed by atoms with Gasteiger partial charge < -0.3 is 4.74 Å². The lowest BCUT2D eigenvalue weighted by molar-refractivity contribution is 0.102. The van der Waals surface area contributed by atoms with Crippen LogP contribution in [0.25, 0.3) is 10.9 Å². The Hall–Kier alpha value is -2.60. The molecule has 0 aliphatic rings. The smallest absolute Gasteiger partial charge is 0.262 e. The van der Waals surface area contributed by atoms with Gasteiger partial charge in [0.2, 0.25) is 0 Å². The highest BCUT2D eigenvalue weighted by Gasteiger charge is 2.15. The van der Waals surface area contributed by atoms with Crippen LogP contribution in [0, 0.1) is 0 Å². The number of methoxy groups -OCH3 is 1. The predicted molar refractivity (Wildman–Crippen MR) is 104 cm³/mol. The zero-order valence-corrected chi connectivity index (χ0v) is 15.7. The predicted octanol–water partition coefficient (Wildman–Crippen LogP) is 3.96. The van der Waals surface area contributed by atoms with Crippen molar-refractivity contribution < 1.29 is 9.53 Å². The molecule has 0 aliphatic carbocycles. The lowest BCUT2D eigenvalue weighted by Crippen LogP contribution is -2.25. The first-order valence-corrected chi connectivity index (χ1v) is 9.31. The van der Waals surface area contributed by atoms with E-state index in [2.05, 4.69) is 4.98 Å². The monoisotopic (exact) mass is 368 g/mol. The van der Waals surface area contributed by atoms with Crippen molar-refractivity contribution in [2.45, 2.75) is 25.0 Å². The third-order valence-corrected chi connectivity index (χ3v) is 4.99. The van der Waals surface area contributed by atoms with Crippen molar-refractivity contribution in [2.75, 3.05) is 12.9 Å². The van der Waals surface area contributed by atoms with E-state index in [-0.39, 0.29) is 23.1 Å². The molecule has 0 bridgehead atoms. The second-order valence-electron chi connectivity index (χ2n) is 6.12. The number of nitrogens with zero attached hydrogens (tertiary/aromatic N) is 2. The molecule has 26 heavy (non-hydrogen) atoms. The first kappa shape index (κ1) is 18.2. The van der Waals surface area contributed by atoms with Crippen molar-refractivity contribution in [3.05, 3.63) is 64.4 Å². The number of carbonyl (C=O) groups is 1. The van der Waals surface area contributed by atoms with Gasteiger partial charge in [0.25, 0.3) is 5.56 Å². The maximum atomic E-state index is 12.8. The number of benzene rings is 2. The van der Waals surface area contributed by atoms with E-state index in [0.717, 1.165) is 0 Å². The third kappa shape index (κ3) is 3.65. The molecule has 6 heteroatoms. The van der Waals surface area contributed by atoms with Crippen molar-refractivity contribution in [1.29, 1.82) is 0 Å². The van der Waals surface area contributed by atoms with E-state index >= 15 is 0 Å². The van der Waals surface area contributed by atoms with Gasteiger partial charge in [-0.05, 0) is 50.2 Å². The summed E-state index contributed by atoms with van der Waals surface area (Å²) >= 11 is 1.29. The molecule has 0 fully saturated rings. The SMILES string of the molecule is COc1ccc(C(=O)CSc2nc3ccccc3c(=O)n2C(C)C)cc1. The number of rotatable bonds is 6. The number of ketones is 1. The van der Waals surface area contributed by atoms with Gasteiger partial charge in [0.05, 0.1) is 23.8 Å². The molecule has 134 valence electrons. The van der Waals surface area contributed by atoms with Crippen LogP contribution in [0.5, 0.6) is 5.75 Å². The minimum atomic E-state index is -0.0787. The van der Waals surface area contributed by atoms with Crippen LogP contribution < -0.4 is 10.3 Å². The molecule has 0 radical (unpaired) electrons. The number of hydrogen-bond acceptors (Lipinski definition) is 5. The van der Waals surface area contributed by atoms with Crippen molar-refractivity contribution >= 4 is 28.4 Å². The molecular weight excluding hydrogens is 348 g/mol. The molecule has 0 unspecified atom stereocenters. The van der Waals surface area contributed by atoms with Crippen molar-refractivity contribution in [1.82, 2.24) is 9.55 Å². The Labute approximate surface area is 156 Å². The van der Waals surface area contributed by atoms with Gasteiger partial charge in [-0.1, -0.05) is 23.9 Å². The lowest BCUT2D eigenvalue weighted by atomic mass is 10.1. The third-order valence-electron chi connectivity index (χ3n) is 4.04. The van der Waals surface area contributed by atoms with Gasteiger partial charge in [0, 0.05) is 11.6 Å². The number of carbonyl (C=O) groups excluding carboxylic acids is 1. The van der Waals surface area contributed by atoms with Crippen LogP contribution >= 0.6 is 11.8 Å². The molecule has 1 heterocycles. The summed E-state index contributed by atoms with van der Waals surface area (Å²) < 4.78 is 6.76. The normalized spacial score (nSPS) is 11.1. The van der Waals surface area contributed by atoms with Gasteiger partial charge >= 0.3 is 0 Å². The summed E-state index contributed by atoms with van der Waals surface area (Å²) in [6.07, 6.45) is 0. The van der Waals surface area contributed by atoms with Crippen molar-refractivity contribution in [3.8, 4) is 5.75 Å². The van der Waals surface area contributed by atoms with E-state index in [1.54, 1.807) is 42.0 Å². The Morgan fingerprint density at radius 1 is 1.15 bits per heavy atom. The summed E-state index contributed by atoms with van der Waals surface area (Å²) in [5.74, 6) is 0.901. The molecule has 0 spiro atoms. The van der Waals surface area contributed by atoms with E-state index in [1.807, 2.05) is 32.0 Å². The number of fused-ring (bicyclic) bond motifs is 1. The minimum absolute atomic E-state index is 0.0182. The molecule has 5 nitrogen and oxygen atoms in total. The van der Waals surface area contributed by atoms with Crippen LogP contribution in [0.3, 0.4) is 0 Å². The van der Waals surface area contributed by atoms with Crippen LogP contribution in [-0.2, 0) is 0 Å². The van der Waals surface area contributed by atoms with E-state index in [4.69, 9.17) is 4.74 Å². The Morgan fingerprint density at radius 3 is 2.50 bits per heavy atom. The van der Waals surface area contributed by atoms with Crippen LogP contribution in [0.2, 0.25) is 0 Å². The molecule has 2 aromatic carbocycles. The summed E-state index contributed by atoms with van der Waals surface area (Å²) in [4.78, 5) is 29.9. The van der Waals surface area contributed by atoms with E-state index in [0.29, 0.717) is 27.4 Å². The molecule has 3 aromatic rings. The molecule has 0 aliphatic heterocycles. The van der Waals surface area contributed by atoms with Crippen molar-refractivity contribution in [3.63, 3.8) is 0 Å². The standard InChI is InChI=1S/C20H20N2O3S/c1-13(2)22-19(24)16-6-4-5-7-17(16)21-20(22)26-12-18(23)14-8-10-15(25-3)11-9-14/h4-11,13H,12H2,1-3H3. The zero-order valence-electron chi connectivity index (χ0n) is 14.9.